The van der Waals surface area contributed by atoms with Gasteiger partial charge in [0.25, 0.3) is 0 Å². The molecule has 0 bridgehead atoms. The fourth-order valence-corrected chi connectivity index (χ4v) is 2.78. The van der Waals surface area contributed by atoms with Gasteiger partial charge < -0.3 is 16.0 Å². The molecule has 0 aliphatic carbocycles. The smallest absolute Gasteiger partial charge is 0.242 e. The largest absolute Gasteiger partial charge is 0.346 e. The number of likely N-dealkylation sites (tertiary alicyclic amines) is 1. The Balaban J connectivity index is 0.00000242. The van der Waals surface area contributed by atoms with E-state index < -0.39 is 0 Å². The zero-order chi connectivity index (χ0) is 15.1. The zero-order valence-corrected chi connectivity index (χ0v) is 13.5. The Morgan fingerprint density at radius 2 is 1.91 bits per heavy atom. The quantitative estimate of drug-likeness (QED) is 0.883. The highest BCUT2D eigenvalue weighted by atomic mass is 35.5. The third kappa shape index (κ3) is 5.00. The molecule has 1 unspecified atom stereocenters. The second-order valence-corrected chi connectivity index (χ2v) is 5.34. The number of hydrogen-bond acceptors (Lipinski definition) is 3. The lowest BCUT2D eigenvalue weighted by molar-refractivity contribution is -0.134. The van der Waals surface area contributed by atoms with Gasteiger partial charge in [-0.2, -0.15) is 0 Å². The lowest BCUT2D eigenvalue weighted by atomic mass is 10.0. The van der Waals surface area contributed by atoms with Crippen LogP contribution in [-0.2, 0) is 9.59 Å². The Bertz CT molecular complexity index is 482. The van der Waals surface area contributed by atoms with Crippen molar-refractivity contribution in [3.05, 3.63) is 35.9 Å². The number of nitrogens with zero attached hydrogens (tertiary/aromatic N) is 1. The molecule has 6 heteroatoms. The van der Waals surface area contributed by atoms with E-state index in [-0.39, 0.29) is 43.4 Å². The van der Waals surface area contributed by atoms with E-state index in [0.29, 0.717) is 0 Å². The van der Waals surface area contributed by atoms with E-state index in [0.717, 1.165) is 37.8 Å². The van der Waals surface area contributed by atoms with Gasteiger partial charge in [-0.05, 0) is 18.4 Å². The molecule has 1 aliphatic rings. The van der Waals surface area contributed by atoms with Gasteiger partial charge in [-0.15, -0.1) is 12.4 Å². The minimum absolute atomic E-state index is 0. The van der Waals surface area contributed by atoms with Crippen LogP contribution in [0.4, 0.5) is 0 Å². The van der Waals surface area contributed by atoms with E-state index >= 15 is 0 Å². The normalized spacial score (nSPS) is 18.0. The topological polar surface area (TPSA) is 75.4 Å². The summed E-state index contributed by atoms with van der Waals surface area (Å²) >= 11 is 0. The fourth-order valence-electron chi connectivity index (χ4n) is 2.78. The average Bonchev–Trinajstić information content (AvgIpc) is 2.79. The molecule has 2 rings (SSSR count). The summed E-state index contributed by atoms with van der Waals surface area (Å²) in [5, 5.41) is 2.57. The van der Waals surface area contributed by atoms with Crippen LogP contribution in [0.25, 0.3) is 0 Å². The van der Waals surface area contributed by atoms with E-state index in [1.807, 2.05) is 23.1 Å². The average molecular weight is 326 g/mol. The van der Waals surface area contributed by atoms with Crippen molar-refractivity contribution in [1.82, 2.24) is 10.2 Å². The molecule has 0 saturated carbocycles. The van der Waals surface area contributed by atoms with Gasteiger partial charge in [0.05, 0.1) is 19.1 Å². The summed E-state index contributed by atoms with van der Waals surface area (Å²) in [5.41, 5.74) is 6.41. The van der Waals surface area contributed by atoms with Crippen molar-refractivity contribution in [1.29, 1.82) is 0 Å². The molecule has 1 saturated heterocycles. The molecule has 22 heavy (non-hydrogen) atoms. The Hall–Kier alpha value is -1.59. The van der Waals surface area contributed by atoms with E-state index in [2.05, 4.69) is 17.4 Å². The van der Waals surface area contributed by atoms with Crippen LogP contribution in [0.1, 0.15) is 37.3 Å². The summed E-state index contributed by atoms with van der Waals surface area (Å²) in [6.07, 6.45) is 4.25. The number of carbonyl (C=O) groups is 2. The first kappa shape index (κ1) is 18.5. The van der Waals surface area contributed by atoms with Gasteiger partial charge in [0.2, 0.25) is 11.8 Å². The number of rotatable bonds is 4. The first-order valence-corrected chi connectivity index (χ1v) is 7.53. The molecular formula is C16H24ClN3O2. The number of hydrogen-bond donors (Lipinski definition) is 2. The van der Waals surface area contributed by atoms with Crippen LogP contribution in [0.5, 0.6) is 0 Å². The number of nitrogens with one attached hydrogen (secondary N) is 1. The van der Waals surface area contributed by atoms with E-state index in [1.54, 1.807) is 0 Å². The molecule has 1 atom stereocenters. The molecule has 122 valence electrons. The van der Waals surface area contributed by atoms with Crippen molar-refractivity contribution in [2.75, 3.05) is 19.6 Å². The van der Waals surface area contributed by atoms with Crippen molar-refractivity contribution in [2.45, 2.75) is 31.7 Å². The van der Waals surface area contributed by atoms with Gasteiger partial charge >= 0.3 is 0 Å². The van der Waals surface area contributed by atoms with Crippen LogP contribution in [0.2, 0.25) is 0 Å². The van der Waals surface area contributed by atoms with Crippen LogP contribution in [0, 0.1) is 0 Å². The SMILES string of the molecule is Cl.NCC(=O)NCC(=O)N1CCCCCC1c1ccccc1. The molecule has 1 aliphatic heterocycles. The van der Waals surface area contributed by atoms with Crippen LogP contribution in [-0.4, -0.2) is 36.3 Å². The Labute approximate surface area is 137 Å². The zero-order valence-electron chi connectivity index (χ0n) is 12.7. The van der Waals surface area contributed by atoms with Gasteiger partial charge in [-0.3, -0.25) is 9.59 Å². The first-order chi connectivity index (χ1) is 10.2. The second-order valence-electron chi connectivity index (χ2n) is 5.34. The van der Waals surface area contributed by atoms with Crippen LogP contribution in [0.3, 0.4) is 0 Å². The predicted octanol–water partition coefficient (Wildman–Crippen LogP) is 1.63. The standard InChI is InChI=1S/C16H23N3O2.ClH/c17-11-15(20)18-12-16(21)19-10-6-2-5-9-14(19)13-7-3-1-4-8-13;/h1,3-4,7-8,14H,2,5-6,9-12,17H2,(H,18,20);1H. The molecule has 1 aromatic rings. The maximum absolute atomic E-state index is 12.4. The predicted molar refractivity (Wildman–Crippen MR) is 88.7 cm³/mol. The molecule has 5 nitrogen and oxygen atoms in total. The monoisotopic (exact) mass is 325 g/mol. The first-order valence-electron chi connectivity index (χ1n) is 7.53. The number of nitrogens with two attached hydrogens (primary N) is 1. The third-order valence-corrected chi connectivity index (χ3v) is 3.88. The minimum atomic E-state index is -0.297. The highest BCUT2D eigenvalue weighted by Crippen LogP contribution is 2.29. The number of amides is 2. The second kappa shape index (κ2) is 9.43. The number of halogens is 1. The van der Waals surface area contributed by atoms with Crippen molar-refractivity contribution >= 4 is 24.2 Å². The summed E-state index contributed by atoms with van der Waals surface area (Å²) < 4.78 is 0. The van der Waals surface area contributed by atoms with Crippen molar-refractivity contribution in [3.63, 3.8) is 0 Å². The fraction of sp³-hybridized carbons (Fsp3) is 0.500. The van der Waals surface area contributed by atoms with E-state index in [1.165, 1.54) is 0 Å². The van der Waals surface area contributed by atoms with Gasteiger partial charge in [0.1, 0.15) is 0 Å². The summed E-state index contributed by atoms with van der Waals surface area (Å²) in [4.78, 5) is 25.5. The lowest BCUT2D eigenvalue weighted by Gasteiger charge is -2.30. The molecular weight excluding hydrogens is 302 g/mol. The van der Waals surface area contributed by atoms with Gasteiger partial charge in [0.15, 0.2) is 0 Å². The number of carbonyl (C=O) groups excluding carboxylic acids is 2. The van der Waals surface area contributed by atoms with Crippen LogP contribution >= 0.6 is 12.4 Å². The maximum atomic E-state index is 12.4. The third-order valence-electron chi connectivity index (χ3n) is 3.88. The minimum Gasteiger partial charge on any atom is -0.346 e. The molecule has 2 amide bonds. The Morgan fingerprint density at radius 1 is 1.18 bits per heavy atom. The summed E-state index contributed by atoms with van der Waals surface area (Å²) in [5.74, 6) is -0.331. The Morgan fingerprint density at radius 3 is 2.59 bits per heavy atom. The summed E-state index contributed by atoms with van der Waals surface area (Å²) in [7, 11) is 0. The molecule has 1 heterocycles. The Kier molecular flexibility index (Phi) is 7.91. The van der Waals surface area contributed by atoms with Gasteiger partial charge in [-0.25, -0.2) is 0 Å². The molecule has 1 fully saturated rings. The van der Waals surface area contributed by atoms with Gasteiger partial charge in [-0.1, -0.05) is 43.2 Å². The highest BCUT2D eigenvalue weighted by Gasteiger charge is 2.26. The van der Waals surface area contributed by atoms with Gasteiger partial charge in [0, 0.05) is 6.54 Å². The molecule has 0 spiro atoms. The highest BCUT2D eigenvalue weighted by molar-refractivity contribution is 5.86. The van der Waals surface area contributed by atoms with Crippen molar-refractivity contribution in [2.24, 2.45) is 5.73 Å². The molecule has 1 aromatic carbocycles. The molecule has 3 N–H and O–H groups in total. The van der Waals surface area contributed by atoms with Crippen LogP contribution in [0.15, 0.2) is 30.3 Å². The lowest BCUT2D eigenvalue weighted by Crippen LogP contribution is -2.43. The van der Waals surface area contributed by atoms with Crippen molar-refractivity contribution in [3.8, 4) is 0 Å². The molecule has 0 radical (unpaired) electrons. The van der Waals surface area contributed by atoms with E-state index in [4.69, 9.17) is 5.73 Å². The summed E-state index contributed by atoms with van der Waals surface area (Å²) in [6.45, 7) is 0.686. The summed E-state index contributed by atoms with van der Waals surface area (Å²) in [6, 6.07) is 10.2. The molecule has 0 aromatic heterocycles. The van der Waals surface area contributed by atoms with Crippen LogP contribution < -0.4 is 11.1 Å². The van der Waals surface area contributed by atoms with Crippen molar-refractivity contribution < 1.29 is 9.59 Å². The maximum Gasteiger partial charge on any atom is 0.242 e. The number of benzene rings is 1. The van der Waals surface area contributed by atoms with E-state index in [9.17, 15) is 9.59 Å².